The maximum absolute atomic E-state index is 11.8. The van der Waals surface area contributed by atoms with E-state index in [1.54, 1.807) is 24.3 Å². The highest BCUT2D eigenvalue weighted by Crippen LogP contribution is 2.23. The number of nitrogens with one attached hydrogen (secondary N) is 2. The van der Waals surface area contributed by atoms with Crippen molar-refractivity contribution in [3.63, 3.8) is 0 Å². The van der Waals surface area contributed by atoms with Gasteiger partial charge in [0.05, 0.1) is 27.8 Å². The van der Waals surface area contributed by atoms with E-state index in [1.165, 1.54) is 11.8 Å². The summed E-state index contributed by atoms with van der Waals surface area (Å²) >= 11 is 7.15. The molecule has 1 aromatic rings. The smallest absolute Gasteiger partial charge is 0.271 e. The van der Waals surface area contributed by atoms with Crippen molar-refractivity contribution in [2.75, 3.05) is 17.3 Å². The number of amides is 2. The van der Waals surface area contributed by atoms with Gasteiger partial charge in [0.15, 0.2) is 9.84 Å². The van der Waals surface area contributed by atoms with Crippen molar-refractivity contribution in [2.24, 2.45) is 0 Å². The molecule has 22 heavy (non-hydrogen) atoms. The van der Waals surface area contributed by atoms with Crippen LogP contribution in [0.25, 0.3) is 0 Å². The van der Waals surface area contributed by atoms with Crippen molar-refractivity contribution < 1.29 is 18.0 Å². The van der Waals surface area contributed by atoms with Crippen LogP contribution in [0.1, 0.15) is 16.8 Å². The lowest BCUT2D eigenvalue weighted by molar-refractivity contribution is -0.119. The minimum Gasteiger partial charge on any atom is -0.272 e. The molecule has 120 valence electrons. The lowest BCUT2D eigenvalue weighted by atomic mass is 10.2. The molecule has 1 heterocycles. The van der Waals surface area contributed by atoms with Gasteiger partial charge in [0, 0.05) is 5.25 Å². The van der Waals surface area contributed by atoms with E-state index in [9.17, 15) is 18.0 Å². The number of benzene rings is 1. The number of sulfone groups is 1. The molecule has 1 fully saturated rings. The van der Waals surface area contributed by atoms with Gasteiger partial charge < -0.3 is 0 Å². The molecule has 9 heteroatoms. The van der Waals surface area contributed by atoms with E-state index in [1.807, 2.05) is 0 Å². The summed E-state index contributed by atoms with van der Waals surface area (Å²) in [6.07, 6.45) is 0.562. The van der Waals surface area contributed by atoms with Crippen LogP contribution < -0.4 is 10.9 Å². The van der Waals surface area contributed by atoms with Gasteiger partial charge in [-0.15, -0.1) is 11.8 Å². The van der Waals surface area contributed by atoms with Crippen LogP contribution in [0, 0.1) is 0 Å². The third kappa shape index (κ3) is 4.89. The Labute approximate surface area is 137 Å². The van der Waals surface area contributed by atoms with Gasteiger partial charge in [0.1, 0.15) is 0 Å². The minimum absolute atomic E-state index is 0.0602. The van der Waals surface area contributed by atoms with Crippen LogP contribution in [0.4, 0.5) is 0 Å². The second kappa shape index (κ2) is 7.34. The molecule has 0 radical (unpaired) electrons. The molecule has 0 unspecified atom stereocenters. The quantitative estimate of drug-likeness (QED) is 0.780. The van der Waals surface area contributed by atoms with Gasteiger partial charge in [-0.25, -0.2) is 8.42 Å². The van der Waals surface area contributed by atoms with E-state index in [4.69, 9.17) is 11.6 Å². The van der Waals surface area contributed by atoms with Crippen LogP contribution in [0.3, 0.4) is 0 Å². The Morgan fingerprint density at radius 2 is 2.00 bits per heavy atom. The Kier molecular flexibility index (Phi) is 5.71. The topological polar surface area (TPSA) is 92.3 Å². The summed E-state index contributed by atoms with van der Waals surface area (Å²) in [4.78, 5) is 23.5. The van der Waals surface area contributed by atoms with Crippen LogP contribution >= 0.6 is 23.4 Å². The van der Waals surface area contributed by atoms with Crippen molar-refractivity contribution in [3.8, 4) is 0 Å². The number of hydrogen-bond acceptors (Lipinski definition) is 5. The molecule has 0 spiro atoms. The zero-order chi connectivity index (χ0) is 16.2. The zero-order valence-electron chi connectivity index (χ0n) is 11.5. The Bertz CT molecular complexity index is 678. The predicted molar refractivity (Wildman–Crippen MR) is 86.6 cm³/mol. The molecule has 6 nitrogen and oxygen atoms in total. The molecule has 0 saturated carbocycles. The standard InChI is InChI=1S/C13H15ClN2O4S2/c14-11-4-2-1-3-10(11)13(18)16-15-12(17)7-21-9-5-6-22(19,20)8-9/h1-4,9H,5-8H2,(H,15,17)(H,16,18)/t9-/m0/s1. The molecule has 0 bridgehead atoms. The fourth-order valence-corrected chi connectivity index (χ4v) is 5.63. The first kappa shape index (κ1) is 17.1. The summed E-state index contributed by atoms with van der Waals surface area (Å²) < 4.78 is 22.6. The largest absolute Gasteiger partial charge is 0.272 e. The maximum Gasteiger partial charge on any atom is 0.271 e. The molecule has 1 aromatic carbocycles. The van der Waals surface area contributed by atoms with Crippen molar-refractivity contribution in [3.05, 3.63) is 34.9 Å². The second-order valence-corrected chi connectivity index (χ2v) is 8.74. The summed E-state index contributed by atoms with van der Waals surface area (Å²) in [5.41, 5.74) is 4.83. The number of hydrogen-bond donors (Lipinski definition) is 2. The maximum atomic E-state index is 11.8. The number of rotatable bonds is 4. The Morgan fingerprint density at radius 3 is 2.64 bits per heavy atom. The highest BCUT2D eigenvalue weighted by Gasteiger charge is 2.28. The Balaban J connectivity index is 1.74. The van der Waals surface area contributed by atoms with Crippen molar-refractivity contribution in [2.45, 2.75) is 11.7 Å². The van der Waals surface area contributed by atoms with Gasteiger partial charge in [-0.3, -0.25) is 20.4 Å². The van der Waals surface area contributed by atoms with Crippen LogP contribution in [0.15, 0.2) is 24.3 Å². The summed E-state index contributed by atoms with van der Waals surface area (Å²) in [5.74, 6) is -0.530. The van der Waals surface area contributed by atoms with Gasteiger partial charge in [0.2, 0.25) is 5.91 Å². The monoisotopic (exact) mass is 362 g/mol. The Hall–Kier alpha value is -1.25. The van der Waals surface area contributed by atoms with Gasteiger partial charge in [-0.05, 0) is 18.6 Å². The molecule has 1 saturated heterocycles. The predicted octanol–water partition coefficient (Wildman–Crippen LogP) is 1.02. The third-order valence-electron chi connectivity index (χ3n) is 3.07. The molecule has 1 aliphatic heterocycles. The fraction of sp³-hybridized carbons (Fsp3) is 0.385. The van der Waals surface area contributed by atoms with Gasteiger partial charge in [0.25, 0.3) is 5.91 Å². The minimum atomic E-state index is -2.95. The molecule has 1 aliphatic rings. The first-order valence-electron chi connectivity index (χ1n) is 6.53. The molecule has 1 atom stereocenters. The number of carbonyl (C=O) groups excluding carboxylic acids is 2. The van der Waals surface area contributed by atoms with Gasteiger partial charge in [-0.2, -0.15) is 0 Å². The average Bonchev–Trinajstić information content (AvgIpc) is 2.82. The SMILES string of the molecule is O=C(CS[C@H]1CCS(=O)(=O)C1)NNC(=O)c1ccccc1Cl. The second-order valence-electron chi connectivity index (χ2n) is 4.82. The lowest BCUT2D eigenvalue weighted by Gasteiger charge is -2.10. The normalized spacial score (nSPS) is 19.6. The lowest BCUT2D eigenvalue weighted by Crippen LogP contribution is -2.42. The number of halogens is 1. The van der Waals surface area contributed by atoms with Crippen LogP contribution in [-0.2, 0) is 14.6 Å². The molecule has 2 N–H and O–H groups in total. The summed E-state index contributed by atoms with van der Waals surface area (Å²) in [7, 11) is -2.95. The fourth-order valence-electron chi connectivity index (χ4n) is 1.96. The molecular formula is C13H15ClN2O4S2. The highest BCUT2D eigenvalue weighted by molar-refractivity contribution is 8.02. The van der Waals surface area contributed by atoms with Crippen LogP contribution in [0.2, 0.25) is 5.02 Å². The van der Waals surface area contributed by atoms with E-state index in [-0.39, 0.29) is 28.1 Å². The average molecular weight is 363 g/mol. The molecule has 2 amide bonds. The van der Waals surface area contributed by atoms with Gasteiger partial charge in [-0.1, -0.05) is 23.7 Å². The van der Waals surface area contributed by atoms with Crippen LogP contribution in [-0.4, -0.2) is 42.7 Å². The van der Waals surface area contributed by atoms with Crippen molar-refractivity contribution in [1.29, 1.82) is 0 Å². The van der Waals surface area contributed by atoms with E-state index in [2.05, 4.69) is 10.9 Å². The summed E-state index contributed by atoms with van der Waals surface area (Å²) in [6, 6.07) is 6.49. The highest BCUT2D eigenvalue weighted by atomic mass is 35.5. The van der Waals surface area contributed by atoms with Crippen LogP contribution in [0.5, 0.6) is 0 Å². The number of carbonyl (C=O) groups is 2. The number of hydrazine groups is 1. The first-order valence-corrected chi connectivity index (χ1v) is 9.78. The van der Waals surface area contributed by atoms with Crippen molar-refractivity contribution in [1.82, 2.24) is 10.9 Å². The number of thioether (sulfide) groups is 1. The molecule has 0 aromatic heterocycles. The first-order chi connectivity index (χ1) is 10.4. The molecule has 0 aliphatic carbocycles. The van der Waals surface area contributed by atoms with E-state index < -0.39 is 21.7 Å². The van der Waals surface area contributed by atoms with E-state index in [0.29, 0.717) is 11.4 Å². The third-order valence-corrected chi connectivity index (χ3v) is 6.69. The molecular weight excluding hydrogens is 348 g/mol. The van der Waals surface area contributed by atoms with Crippen molar-refractivity contribution >= 4 is 45.0 Å². The molecule has 2 rings (SSSR count). The van der Waals surface area contributed by atoms with E-state index >= 15 is 0 Å². The summed E-state index contributed by atoms with van der Waals surface area (Å²) in [5, 5.41) is 0.231. The van der Waals surface area contributed by atoms with E-state index in [0.717, 1.165) is 0 Å². The van der Waals surface area contributed by atoms with Gasteiger partial charge >= 0.3 is 0 Å². The zero-order valence-corrected chi connectivity index (χ0v) is 13.9. The summed E-state index contributed by atoms with van der Waals surface area (Å²) in [6.45, 7) is 0. The Morgan fingerprint density at radius 1 is 1.27 bits per heavy atom.